The van der Waals surface area contributed by atoms with Crippen molar-refractivity contribution in [2.45, 2.75) is 32.1 Å². The Kier molecular flexibility index (Phi) is 9.38. The first-order valence-electron chi connectivity index (χ1n) is 9.48. The van der Waals surface area contributed by atoms with E-state index in [2.05, 4.69) is 35.6 Å². The van der Waals surface area contributed by atoms with Crippen LogP contribution in [0.15, 0.2) is 30.9 Å². The van der Waals surface area contributed by atoms with E-state index >= 15 is 0 Å². The summed E-state index contributed by atoms with van der Waals surface area (Å²) < 4.78 is 5.83. The highest BCUT2D eigenvalue weighted by molar-refractivity contribution is 6.30. The van der Waals surface area contributed by atoms with Crippen molar-refractivity contribution in [2.75, 3.05) is 51.3 Å². The molecule has 1 aromatic carbocycles. The maximum atomic E-state index is 5.94. The first kappa shape index (κ1) is 20.3. The number of anilines is 1. The van der Waals surface area contributed by atoms with Crippen molar-refractivity contribution in [3.63, 3.8) is 0 Å². The van der Waals surface area contributed by atoms with Crippen LogP contribution in [0.25, 0.3) is 0 Å². The minimum atomic E-state index is 0.753. The van der Waals surface area contributed by atoms with E-state index in [-0.39, 0.29) is 0 Å². The molecule has 1 saturated heterocycles. The van der Waals surface area contributed by atoms with Crippen LogP contribution in [0.3, 0.4) is 0 Å². The van der Waals surface area contributed by atoms with Gasteiger partial charge in [0.1, 0.15) is 0 Å². The number of benzene rings is 1. The third-order valence-corrected chi connectivity index (χ3v) is 5.14. The lowest BCUT2D eigenvalue weighted by Gasteiger charge is -2.33. The van der Waals surface area contributed by atoms with Gasteiger partial charge >= 0.3 is 0 Å². The normalized spacial score (nSPS) is 15.7. The molecule has 1 aromatic rings. The molecule has 0 N–H and O–H groups in total. The number of hydrogen-bond donors (Lipinski definition) is 0. The lowest BCUT2D eigenvalue weighted by molar-refractivity contribution is 0.111. The Morgan fingerprint density at radius 3 is 2.80 bits per heavy atom. The van der Waals surface area contributed by atoms with Gasteiger partial charge in [0.2, 0.25) is 0 Å². The fourth-order valence-electron chi connectivity index (χ4n) is 3.31. The van der Waals surface area contributed by atoms with Gasteiger partial charge in [-0.25, -0.2) is 0 Å². The van der Waals surface area contributed by atoms with Gasteiger partial charge in [0.25, 0.3) is 0 Å². The molecule has 0 saturated carbocycles. The molecule has 0 atom stereocenters. The molecule has 139 valence electrons. The van der Waals surface area contributed by atoms with Crippen molar-refractivity contribution in [1.82, 2.24) is 4.90 Å². The number of ether oxygens (including phenoxy) is 1. The Morgan fingerprint density at radius 1 is 1.32 bits per heavy atom. The average molecular weight is 364 g/mol. The van der Waals surface area contributed by atoms with Crippen molar-refractivity contribution in [1.29, 1.82) is 0 Å². The molecule has 1 fully saturated rings. The molecule has 0 spiro atoms. The summed E-state index contributed by atoms with van der Waals surface area (Å²) in [4.78, 5) is 4.70. The molecule has 4 heteroatoms. The van der Waals surface area contributed by atoms with Crippen LogP contribution in [0.5, 0.6) is 0 Å². The number of hydrogen-bond acceptors (Lipinski definition) is 3. The molecule has 1 radical (unpaired) electrons. The molecule has 0 aliphatic carbocycles. The quantitative estimate of drug-likeness (QED) is 0.420. The fraction of sp³-hybridized carbons (Fsp3) is 0.619. The first-order valence-corrected chi connectivity index (χ1v) is 9.86. The summed E-state index contributed by atoms with van der Waals surface area (Å²) in [7, 11) is 2.14. The molecule has 2 rings (SSSR count). The second-order valence-corrected chi connectivity index (χ2v) is 7.42. The van der Waals surface area contributed by atoms with Crippen molar-refractivity contribution >= 4 is 17.3 Å². The number of unbranched alkanes of at least 4 members (excludes halogenated alkanes) is 1. The highest BCUT2D eigenvalue weighted by atomic mass is 35.5. The second kappa shape index (κ2) is 11.6. The highest BCUT2D eigenvalue weighted by Crippen LogP contribution is 2.25. The molecule has 0 bridgehead atoms. The Bertz CT molecular complexity index is 483. The molecule has 0 unspecified atom stereocenters. The zero-order valence-corrected chi connectivity index (χ0v) is 16.3. The summed E-state index contributed by atoms with van der Waals surface area (Å²) in [5.41, 5.74) is 1.17. The summed E-state index contributed by atoms with van der Waals surface area (Å²) >= 11 is 5.94. The Morgan fingerprint density at radius 2 is 2.12 bits per heavy atom. The number of piperidine rings is 1. The molecule has 25 heavy (non-hydrogen) atoms. The zero-order chi connectivity index (χ0) is 17.9. The zero-order valence-electron chi connectivity index (χ0n) is 15.6. The van der Waals surface area contributed by atoms with Crippen LogP contribution in [0.2, 0.25) is 5.02 Å². The van der Waals surface area contributed by atoms with Gasteiger partial charge in [-0.05, 0) is 69.8 Å². The molecule has 1 aliphatic rings. The summed E-state index contributed by atoms with van der Waals surface area (Å²) in [6.07, 6.45) is 7.96. The van der Waals surface area contributed by atoms with Crippen molar-refractivity contribution < 1.29 is 4.74 Å². The summed E-state index contributed by atoms with van der Waals surface area (Å²) in [6, 6.07) is 9.14. The highest BCUT2D eigenvalue weighted by Gasteiger charge is 2.19. The molecule has 1 heterocycles. The lowest BCUT2D eigenvalue weighted by Crippen LogP contribution is -2.34. The maximum absolute atomic E-state index is 5.94. The maximum Gasteiger partial charge on any atom is 0.0468 e. The molecular weight excluding hydrogens is 332 g/mol. The fourth-order valence-corrected chi connectivity index (χ4v) is 3.42. The van der Waals surface area contributed by atoms with Crippen molar-refractivity contribution in [2.24, 2.45) is 5.92 Å². The third kappa shape index (κ3) is 7.81. The van der Waals surface area contributed by atoms with E-state index in [0.29, 0.717) is 0 Å². The Balaban J connectivity index is 1.50. The molecule has 3 nitrogen and oxygen atoms in total. The molecule has 1 aliphatic heterocycles. The van der Waals surface area contributed by atoms with E-state index in [1.807, 2.05) is 18.2 Å². The van der Waals surface area contributed by atoms with E-state index in [1.165, 1.54) is 31.4 Å². The van der Waals surface area contributed by atoms with Crippen LogP contribution in [-0.4, -0.2) is 51.3 Å². The topological polar surface area (TPSA) is 15.7 Å². The van der Waals surface area contributed by atoms with Crippen LogP contribution >= 0.6 is 11.6 Å². The number of halogens is 1. The van der Waals surface area contributed by atoms with Gasteiger partial charge in [0.05, 0.1) is 0 Å². The number of nitrogens with zero attached hydrogens (tertiary/aromatic N) is 2. The van der Waals surface area contributed by atoms with Crippen LogP contribution < -0.4 is 4.90 Å². The first-order chi connectivity index (χ1) is 12.2. The van der Waals surface area contributed by atoms with Gasteiger partial charge in [-0.15, -0.1) is 6.58 Å². The predicted octanol–water partition coefficient (Wildman–Crippen LogP) is 4.66. The SMILES string of the molecule is C=CCN(C)CCCCOCCC1CCN(c2[c]cc(Cl)cc2)CC1. The predicted molar refractivity (Wildman–Crippen MR) is 108 cm³/mol. The average Bonchev–Trinajstić information content (AvgIpc) is 2.62. The van der Waals surface area contributed by atoms with E-state index < -0.39 is 0 Å². The van der Waals surface area contributed by atoms with Crippen molar-refractivity contribution in [3.8, 4) is 0 Å². The minimum Gasteiger partial charge on any atom is -0.381 e. The molecule has 0 amide bonds. The standard InChI is InChI=1S/C21H32ClN2O/c1-3-13-23(2)14-4-5-17-25-18-12-19-10-15-24(16-11-19)21-8-6-20(22)7-9-21/h3,6-8,19H,1,4-5,10-18H2,2H3. The van der Waals surface area contributed by atoms with Crippen LogP contribution in [-0.2, 0) is 4.74 Å². The van der Waals surface area contributed by atoms with E-state index in [0.717, 1.165) is 56.8 Å². The number of rotatable bonds is 11. The van der Waals surface area contributed by atoms with Gasteiger partial charge < -0.3 is 14.5 Å². The minimum absolute atomic E-state index is 0.753. The van der Waals surface area contributed by atoms with Crippen LogP contribution in [0, 0.1) is 12.0 Å². The number of likely N-dealkylation sites (N-methyl/N-ethyl adjacent to an activating group) is 1. The molecular formula is C21H32ClN2O. The van der Waals surface area contributed by atoms with E-state index in [9.17, 15) is 0 Å². The second-order valence-electron chi connectivity index (χ2n) is 6.98. The Labute approximate surface area is 158 Å². The van der Waals surface area contributed by atoms with Crippen LogP contribution in [0.4, 0.5) is 5.69 Å². The van der Waals surface area contributed by atoms with E-state index in [1.54, 1.807) is 0 Å². The van der Waals surface area contributed by atoms with Gasteiger partial charge in [-0.1, -0.05) is 17.7 Å². The van der Waals surface area contributed by atoms with Gasteiger partial charge in [0, 0.05) is 49.6 Å². The van der Waals surface area contributed by atoms with Gasteiger partial charge in [0.15, 0.2) is 0 Å². The summed E-state index contributed by atoms with van der Waals surface area (Å²) in [5.74, 6) is 0.794. The monoisotopic (exact) mass is 363 g/mol. The smallest absolute Gasteiger partial charge is 0.0468 e. The van der Waals surface area contributed by atoms with Gasteiger partial charge in [-0.2, -0.15) is 0 Å². The van der Waals surface area contributed by atoms with Gasteiger partial charge in [-0.3, -0.25) is 0 Å². The lowest BCUT2D eigenvalue weighted by atomic mass is 9.93. The third-order valence-electron chi connectivity index (χ3n) is 4.90. The molecule has 0 aromatic heterocycles. The summed E-state index contributed by atoms with van der Waals surface area (Å²) in [5, 5.41) is 0.753. The largest absolute Gasteiger partial charge is 0.381 e. The van der Waals surface area contributed by atoms with Crippen molar-refractivity contribution in [3.05, 3.63) is 41.9 Å². The van der Waals surface area contributed by atoms with Crippen LogP contribution in [0.1, 0.15) is 32.1 Å². The summed E-state index contributed by atoms with van der Waals surface area (Å²) in [6.45, 7) is 9.86. The van der Waals surface area contributed by atoms with E-state index in [4.69, 9.17) is 16.3 Å². The Hall–Kier alpha value is -1.03.